The van der Waals surface area contributed by atoms with Gasteiger partial charge in [-0.1, -0.05) is 51.8 Å². The molecule has 0 radical (unpaired) electrons. The summed E-state index contributed by atoms with van der Waals surface area (Å²) in [4.78, 5) is 4.10. The molecule has 0 unspecified atom stereocenters. The number of aliphatic imine (C=N–C) groups is 1. The smallest absolute Gasteiger partial charge is 0.0713 e. The maximum atomic E-state index is 7.06. The molecule has 0 aliphatic rings. The highest BCUT2D eigenvalue weighted by molar-refractivity contribution is 5.85. The predicted molar refractivity (Wildman–Crippen MR) is 77.9 cm³/mol. The van der Waals surface area contributed by atoms with Gasteiger partial charge in [0, 0.05) is 18.0 Å². The van der Waals surface area contributed by atoms with Gasteiger partial charge >= 0.3 is 0 Å². The summed E-state index contributed by atoms with van der Waals surface area (Å²) in [6.07, 6.45) is 5.74. The Morgan fingerprint density at radius 2 is 1.94 bits per heavy atom. The molecule has 2 nitrogen and oxygen atoms in total. The molecule has 0 spiro atoms. The fraction of sp³-hybridized carbons (Fsp3) is 0.467. The Morgan fingerprint density at radius 1 is 1.29 bits per heavy atom. The van der Waals surface area contributed by atoms with Gasteiger partial charge in [-0.25, -0.2) is 0 Å². The van der Waals surface area contributed by atoms with Crippen LogP contribution in [0.4, 0.5) is 5.69 Å². The van der Waals surface area contributed by atoms with Crippen LogP contribution >= 0.6 is 0 Å². The lowest BCUT2D eigenvalue weighted by Crippen LogP contribution is -1.81. The molecule has 0 amide bonds. The van der Waals surface area contributed by atoms with Gasteiger partial charge in [-0.3, -0.25) is 4.99 Å². The van der Waals surface area contributed by atoms with Gasteiger partial charge in [0.2, 0.25) is 0 Å². The molecule has 94 valence electrons. The molecule has 0 aliphatic carbocycles. The standard InChI is InChI=1S/C9H10N2.C6H14/c1-2-11-9-6-4-3-5-8(9)7-10;1-4-5-6(2)3/h2-7,10H,1H3;6H,4-5H2,1-3H3. The van der Waals surface area contributed by atoms with Crippen molar-refractivity contribution >= 4 is 18.1 Å². The van der Waals surface area contributed by atoms with Crippen molar-refractivity contribution in [1.29, 1.82) is 5.41 Å². The zero-order valence-corrected chi connectivity index (χ0v) is 11.4. The van der Waals surface area contributed by atoms with Gasteiger partial charge in [0.1, 0.15) is 0 Å². The number of benzene rings is 1. The van der Waals surface area contributed by atoms with Gasteiger partial charge < -0.3 is 5.41 Å². The summed E-state index contributed by atoms with van der Waals surface area (Å²) in [5.41, 5.74) is 1.70. The molecule has 0 heterocycles. The number of hydrogen-bond donors (Lipinski definition) is 1. The summed E-state index contributed by atoms with van der Waals surface area (Å²) in [6.45, 7) is 8.59. The van der Waals surface area contributed by atoms with Crippen LogP contribution in [-0.2, 0) is 0 Å². The monoisotopic (exact) mass is 232 g/mol. The molecule has 0 aliphatic heterocycles. The number of para-hydroxylation sites is 1. The van der Waals surface area contributed by atoms with Crippen molar-refractivity contribution in [3.63, 3.8) is 0 Å². The molecule has 1 N–H and O–H groups in total. The highest BCUT2D eigenvalue weighted by Gasteiger charge is 1.92. The van der Waals surface area contributed by atoms with Crippen LogP contribution in [0.25, 0.3) is 0 Å². The number of nitrogens with zero attached hydrogens (tertiary/aromatic N) is 1. The minimum atomic E-state index is 0.852. The molecular weight excluding hydrogens is 208 g/mol. The van der Waals surface area contributed by atoms with Crippen molar-refractivity contribution in [3.05, 3.63) is 29.8 Å². The first-order valence-electron chi connectivity index (χ1n) is 6.23. The van der Waals surface area contributed by atoms with Gasteiger partial charge in [-0.15, -0.1) is 0 Å². The lowest BCUT2D eigenvalue weighted by Gasteiger charge is -1.96. The topological polar surface area (TPSA) is 36.2 Å². The van der Waals surface area contributed by atoms with E-state index >= 15 is 0 Å². The van der Waals surface area contributed by atoms with Crippen molar-refractivity contribution in [2.45, 2.75) is 40.5 Å². The van der Waals surface area contributed by atoms with Crippen LogP contribution in [0.5, 0.6) is 0 Å². The summed E-state index contributed by atoms with van der Waals surface area (Å²) in [5, 5.41) is 7.06. The lowest BCUT2D eigenvalue weighted by molar-refractivity contribution is 0.576. The summed E-state index contributed by atoms with van der Waals surface area (Å²) in [5.74, 6) is 0.898. The van der Waals surface area contributed by atoms with E-state index in [4.69, 9.17) is 5.41 Å². The second kappa shape index (κ2) is 9.76. The maximum Gasteiger partial charge on any atom is 0.0713 e. The van der Waals surface area contributed by atoms with Crippen molar-refractivity contribution in [2.75, 3.05) is 0 Å². The quantitative estimate of drug-likeness (QED) is 0.720. The molecule has 0 bridgehead atoms. The lowest BCUT2D eigenvalue weighted by atomic mass is 10.1. The fourth-order valence-corrected chi connectivity index (χ4v) is 1.44. The Kier molecular flexibility index (Phi) is 8.94. The van der Waals surface area contributed by atoms with Crippen LogP contribution in [0.15, 0.2) is 29.3 Å². The summed E-state index contributed by atoms with van der Waals surface area (Å²) < 4.78 is 0. The van der Waals surface area contributed by atoms with Crippen LogP contribution in [-0.4, -0.2) is 12.4 Å². The van der Waals surface area contributed by atoms with Gasteiger partial charge in [0.05, 0.1) is 5.69 Å². The molecule has 1 aromatic carbocycles. The highest BCUT2D eigenvalue weighted by atomic mass is 14.7. The SMILES string of the molecule is CC=Nc1ccccc1C=N.CCCC(C)C. The number of hydrogen-bond acceptors (Lipinski definition) is 2. The van der Waals surface area contributed by atoms with E-state index in [1.165, 1.54) is 19.1 Å². The fourth-order valence-electron chi connectivity index (χ4n) is 1.44. The third kappa shape index (κ3) is 7.45. The summed E-state index contributed by atoms with van der Waals surface area (Å²) >= 11 is 0. The molecule has 1 aromatic rings. The van der Waals surface area contributed by atoms with Gasteiger partial charge in [0.15, 0.2) is 0 Å². The van der Waals surface area contributed by atoms with Crippen molar-refractivity contribution in [2.24, 2.45) is 10.9 Å². The average molecular weight is 232 g/mol. The Balaban J connectivity index is 0.000000366. The molecule has 0 saturated carbocycles. The predicted octanol–water partition coefficient (Wildman–Crippen LogP) is 4.85. The third-order valence-corrected chi connectivity index (χ3v) is 2.23. The van der Waals surface area contributed by atoms with E-state index in [0.29, 0.717) is 0 Å². The van der Waals surface area contributed by atoms with Crippen LogP contribution in [0, 0.1) is 11.3 Å². The maximum absolute atomic E-state index is 7.06. The van der Waals surface area contributed by atoms with Crippen LogP contribution in [0.3, 0.4) is 0 Å². The minimum Gasteiger partial charge on any atom is -0.308 e. The first-order chi connectivity index (χ1) is 8.15. The second-order valence-electron chi connectivity index (χ2n) is 4.27. The Hall–Kier alpha value is -1.44. The molecule has 0 atom stereocenters. The zero-order valence-electron chi connectivity index (χ0n) is 11.4. The van der Waals surface area contributed by atoms with E-state index in [9.17, 15) is 0 Å². The molecular formula is C15H24N2. The second-order valence-corrected chi connectivity index (χ2v) is 4.27. The Morgan fingerprint density at radius 3 is 2.35 bits per heavy atom. The van der Waals surface area contributed by atoms with E-state index in [-0.39, 0.29) is 0 Å². The van der Waals surface area contributed by atoms with Gasteiger partial charge in [-0.2, -0.15) is 0 Å². The molecule has 17 heavy (non-hydrogen) atoms. The van der Waals surface area contributed by atoms with Gasteiger partial charge in [-0.05, 0) is 18.9 Å². The summed E-state index contributed by atoms with van der Waals surface area (Å²) in [6, 6.07) is 7.57. The van der Waals surface area contributed by atoms with Crippen LogP contribution in [0.1, 0.15) is 46.1 Å². The van der Waals surface area contributed by atoms with E-state index in [0.717, 1.165) is 17.2 Å². The number of nitrogens with one attached hydrogen (secondary N) is 1. The molecule has 2 heteroatoms. The Bertz CT molecular complexity index is 341. The molecule has 1 rings (SSSR count). The van der Waals surface area contributed by atoms with E-state index in [1.807, 2.05) is 31.2 Å². The first-order valence-corrected chi connectivity index (χ1v) is 6.23. The third-order valence-electron chi connectivity index (χ3n) is 2.23. The van der Waals surface area contributed by atoms with Crippen molar-refractivity contribution < 1.29 is 0 Å². The van der Waals surface area contributed by atoms with Crippen LogP contribution < -0.4 is 0 Å². The molecule has 0 fully saturated rings. The summed E-state index contributed by atoms with van der Waals surface area (Å²) in [7, 11) is 0. The van der Waals surface area contributed by atoms with Crippen molar-refractivity contribution in [1.82, 2.24) is 0 Å². The first kappa shape index (κ1) is 15.6. The van der Waals surface area contributed by atoms with Gasteiger partial charge in [0.25, 0.3) is 0 Å². The molecule has 0 aromatic heterocycles. The number of rotatable bonds is 4. The largest absolute Gasteiger partial charge is 0.308 e. The minimum absolute atomic E-state index is 0.852. The Labute approximate surface area is 105 Å². The van der Waals surface area contributed by atoms with E-state index < -0.39 is 0 Å². The zero-order chi connectivity index (χ0) is 13.1. The average Bonchev–Trinajstić information content (AvgIpc) is 2.31. The molecule has 0 saturated heterocycles. The normalized spacial score (nSPS) is 10.2. The van der Waals surface area contributed by atoms with E-state index in [2.05, 4.69) is 25.8 Å². The van der Waals surface area contributed by atoms with E-state index in [1.54, 1.807) is 6.21 Å². The van der Waals surface area contributed by atoms with Crippen molar-refractivity contribution in [3.8, 4) is 0 Å². The van der Waals surface area contributed by atoms with Crippen LogP contribution in [0.2, 0.25) is 0 Å². The highest BCUT2D eigenvalue weighted by Crippen LogP contribution is 2.15.